The summed E-state index contributed by atoms with van der Waals surface area (Å²) in [7, 11) is 0. The lowest BCUT2D eigenvalue weighted by atomic mass is 10.1. The molecule has 0 aliphatic rings. The molecule has 7 nitrogen and oxygen atoms in total. The summed E-state index contributed by atoms with van der Waals surface area (Å²) in [6.07, 6.45) is 0.882. The Kier molecular flexibility index (Phi) is 7.83. The molecule has 0 radical (unpaired) electrons. The molecule has 0 unspecified atom stereocenters. The average molecular weight is 405 g/mol. The number of benzene rings is 1. The van der Waals surface area contributed by atoms with Gasteiger partial charge in [-0.2, -0.15) is 0 Å². The zero-order valence-corrected chi connectivity index (χ0v) is 14.5. The van der Waals surface area contributed by atoms with Crippen molar-refractivity contribution in [3.05, 3.63) is 40.6 Å². The fraction of sp³-hybridized carbons (Fsp3) is 0.333. The molecule has 24 heavy (non-hydrogen) atoms. The first-order valence-electron chi connectivity index (χ1n) is 6.97. The van der Waals surface area contributed by atoms with Gasteiger partial charge in [0, 0.05) is 5.56 Å². The Hall–Kier alpha value is -1.97. The summed E-state index contributed by atoms with van der Waals surface area (Å²) in [4.78, 5) is 23.5. The van der Waals surface area contributed by atoms with Crippen LogP contribution < -0.4 is 15.5 Å². The van der Waals surface area contributed by atoms with Crippen molar-refractivity contribution in [2.45, 2.75) is 25.5 Å². The van der Waals surface area contributed by atoms with Crippen LogP contribution in [0.15, 0.2) is 29.3 Å². The number of hydrogen-bond donors (Lipinski definition) is 4. The van der Waals surface area contributed by atoms with Crippen LogP contribution in [-0.2, 0) is 4.79 Å². The van der Waals surface area contributed by atoms with Crippen LogP contribution in [0.1, 0.15) is 23.7 Å². The van der Waals surface area contributed by atoms with E-state index >= 15 is 0 Å². The Morgan fingerprint density at radius 2 is 2.17 bits per heavy atom. The Morgan fingerprint density at radius 3 is 2.67 bits per heavy atom. The van der Waals surface area contributed by atoms with Gasteiger partial charge in [0.1, 0.15) is 6.04 Å². The quantitative estimate of drug-likeness (QED) is 0.227. The van der Waals surface area contributed by atoms with Crippen LogP contribution in [0.3, 0.4) is 0 Å². The van der Waals surface area contributed by atoms with Gasteiger partial charge in [-0.25, -0.2) is 9.87 Å². The molecule has 0 bridgehead atoms. The molecule has 0 aliphatic carbocycles. The molecule has 132 valence electrons. The van der Waals surface area contributed by atoms with E-state index in [-0.39, 0.29) is 22.4 Å². The van der Waals surface area contributed by atoms with Gasteiger partial charge < -0.3 is 15.2 Å². The van der Waals surface area contributed by atoms with Gasteiger partial charge in [-0.3, -0.25) is 14.8 Å². The minimum atomic E-state index is -1.40. The van der Waals surface area contributed by atoms with Crippen molar-refractivity contribution in [3.8, 4) is 5.75 Å². The van der Waals surface area contributed by atoms with Crippen molar-refractivity contribution < 1.29 is 29.0 Å². The lowest BCUT2D eigenvalue weighted by molar-refractivity contribution is -0.133. The first kappa shape index (κ1) is 20.1. The molecule has 0 spiro atoms. The van der Waals surface area contributed by atoms with Crippen molar-refractivity contribution in [1.29, 1.82) is 0 Å². The number of carbonyl (C=O) groups is 2. The highest BCUT2D eigenvalue weighted by atomic mass is 79.9. The van der Waals surface area contributed by atoms with Crippen LogP contribution in [0.2, 0.25) is 0 Å². The number of aliphatic hydroxyl groups excluding tert-OH is 1. The Morgan fingerprint density at radius 1 is 1.50 bits per heavy atom. The maximum Gasteiger partial charge on any atom is 0.268 e. The zero-order chi connectivity index (χ0) is 18.3. The van der Waals surface area contributed by atoms with Gasteiger partial charge in [-0.15, -0.1) is 6.58 Å². The summed E-state index contributed by atoms with van der Waals surface area (Å²) in [5, 5.41) is 20.3. The normalized spacial score (nSPS) is 12.9. The largest absolute Gasteiger partial charge is 0.489 e. The lowest BCUT2D eigenvalue weighted by Gasteiger charge is -2.19. The second-order valence-electron chi connectivity index (χ2n) is 4.86. The fourth-order valence-electron chi connectivity index (χ4n) is 1.77. The van der Waals surface area contributed by atoms with E-state index in [1.54, 1.807) is 6.08 Å². The second-order valence-corrected chi connectivity index (χ2v) is 5.72. The Balaban J connectivity index is 2.95. The van der Waals surface area contributed by atoms with Crippen LogP contribution in [0.5, 0.6) is 5.75 Å². The number of hydrogen-bond acceptors (Lipinski definition) is 5. The molecule has 0 saturated heterocycles. The molecule has 0 heterocycles. The topological polar surface area (TPSA) is 108 Å². The highest BCUT2D eigenvalue weighted by Gasteiger charge is 2.26. The summed E-state index contributed by atoms with van der Waals surface area (Å²) >= 11 is 3.12. The molecule has 1 aromatic rings. The highest BCUT2D eigenvalue weighted by molar-refractivity contribution is 9.10. The van der Waals surface area contributed by atoms with Gasteiger partial charge in [0.05, 0.1) is 17.2 Å². The summed E-state index contributed by atoms with van der Waals surface area (Å²) in [5.41, 5.74) is 1.25. The molecule has 0 fully saturated rings. The van der Waals surface area contributed by atoms with E-state index in [4.69, 9.17) is 9.94 Å². The number of halogens is 2. The number of amides is 2. The maximum absolute atomic E-state index is 14.1. The molecule has 0 saturated carbocycles. The van der Waals surface area contributed by atoms with Gasteiger partial charge in [-0.1, -0.05) is 6.08 Å². The first-order valence-corrected chi connectivity index (χ1v) is 7.76. The number of aliphatic hydroxyl groups is 1. The van der Waals surface area contributed by atoms with Crippen LogP contribution >= 0.6 is 15.9 Å². The van der Waals surface area contributed by atoms with Gasteiger partial charge >= 0.3 is 0 Å². The number of ether oxygens (including phenoxy) is 1. The SMILES string of the molecule is C=CCCOc1c(F)cc(C(=O)N[C@H](C(=O)NO)[C@@H](C)O)cc1Br. The monoisotopic (exact) mass is 404 g/mol. The molecule has 0 aromatic heterocycles. The van der Waals surface area contributed by atoms with Gasteiger partial charge in [0.15, 0.2) is 11.6 Å². The number of hydroxylamine groups is 1. The van der Waals surface area contributed by atoms with Crippen LogP contribution in [0.25, 0.3) is 0 Å². The average Bonchev–Trinajstić information content (AvgIpc) is 2.53. The molecular weight excluding hydrogens is 387 g/mol. The molecule has 4 N–H and O–H groups in total. The molecule has 1 rings (SSSR count). The predicted octanol–water partition coefficient (Wildman–Crippen LogP) is 1.53. The van der Waals surface area contributed by atoms with E-state index < -0.39 is 29.8 Å². The van der Waals surface area contributed by atoms with Gasteiger partial charge in [0.2, 0.25) is 0 Å². The number of nitrogens with one attached hydrogen (secondary N) is 2. The summed E-state index contributed by atoms with van der Waals surface area (Å²) in [6, 6.07) is 0.865. The lowest BCUT2D eigenvalue weighted by Crippen LogP contribution is -2.51. The molecule has 2 atom stereocenters. The summed E-state index contributed by atoms with van der Waals surface area (Å²) < 4.78 is 19.6. The number of carbonyl (C=O) groups excluding carboxylic acids is 2. The van der Waals surface area contributed by atoms with Gasteiger partial charge in [-0.05, 0) is 41.4 Å². The van der Waals surface area contributed by atoms with Crippen molar-refractivity contribution >= 4 is 27.7 Å². The Labute approximate surface area is 146 Å². The predicted molar refractivity (Wildman–Crippen MR) is 87.3 cm³/mol. The van der Waals surface area contributed by atoms with Crippen molar-refractivity contribution in [3.63, 3.8) is 0 Å². The van der Waals surface area contributed by atoms with Crippen LogP contribution in [0, 0.1) is 5.82 Å². The second kappa shape index (κ2) is 9.36. The molecule has 1 aromatic carbocycles. The van der Waals surface area contributed by atoms with E-state index in [0.29, 0.717) is 6.42 Å². The highest BCUT2D eigenvalue weighted by Crippen LogP contribution is 2.30. The maximum atomic E-state index is 14.1. The molecule has 9 heteroatoms. The van der Waals surface area contributed by atoms with Crippen LogP contribution in [0.4, 0.5) is 4.39 Å². The summed E-state index contributed by atoms with van der Waals surface area (Å²) in [6.45, 7) is 5.01. The van der Waals surface area contributed by atoms with E-state index in [0.717, 1.165) is 6.07 Å². The molecule has 0 aliphatic heterocycles. The zero-order valence-electron chi connectivity index (χ0n) is 12.9. The smallest absolute Gasteiger partial charge is 0.268 e. The van der Waals surface area contributed by atoms with E-state index in [1.165, 1.54) is 18.5 Å². The molecule has 2 amide bonds. The van der Waals surface area contributed by atoms with Crippen molar-refractivity contribution in [2.24, 2.45) is 0 Å². The third-order valence-electron chi connectivity index (χ3n) is 2.99. The minimum Gasteiger partial charge on any atom is -0.489 e. The third kappa shape index (κ3) is 5.29. The van der Waals surface area contributed by atoms with E-state index in [9.17, 15) is 19.1 Å². The summed E-state index contributed by atoms with van der Waals surface area (Å²) in [5.74, 6) is -2.61. The van der Waals surface area contributed by atoms with Crippen molar-refractivity contribution in [2.75, 3.05) is 6.61 Å². The minimum absolute atomic E-state index is 0.0476. The fourth-order valence-corrected chi connectivity index (χ4v) is 2.32. The molecular formula is C15H18BrFN2O5. The van der Waals surface area contributed by atoms with E-state index in [2.05, 4.69) is 27.8 Å². The standard InChI is InChI=1S/C15H18BrFN2O5/c1-3-4-5-24-13-10(16)6-9(7-11(13)17)14(21)18-12(8(2)20)15(22)19-23/h3,6-8,12,20,23H,1,4-5H2,2H3,(H,18,21)(H,19,22)/t8-,12+/m1/s1. The Bertz CT molecular complexity index is 601. The van der Waals surface area contributed by atoms with Crippen LogP contribution in [-0.4, -0.2) is 40.9 Å². The third-order valence-corrected chi connectivity index (χ3v) is 3.58. The van der Waals surface area contributed by atoms with Crippen molar-refractivity contribution in [1.82, 2.24) is 10.8 Å². The van der Waals surface area contributed by atoms with E-state index in [1.807, 2.05) is 0 Å². The first-order chi connectivity index (χ1) is 11.3. The number of rotatable bonds is 8. The van der Waals surface area contributed by atoms with Gasteiger partial charge in [0.25, 0.3) is 11.8 Å².